The minimum absolute atomic E-state index is 0.0135. The zero-order chi connectivity index (χ0) is 20.4. The van der Waals surface area contributed by atoms with Crippen molar-refractivity contribution in [2.24, 2.45) is 0 Å². The number of carbonyl (C=O) groups is 2. The van der Waals surface area contributed by atoms with Gasteiger partial charge in [0.2, 0.25) is 0 Å². The molecule has 0 aliphatic heterocycles. The molecule has 0 aliphatic rings. The van der Waals surface area contributed by atoms with Crippen molar-refractivity contribution in [3.63, 3.8) is 0 Å². The fraction of sp³-hybridized carbons (Fsp3) is 0. The standard InChI is InChI=1S/C22H15ClFNO3/c1-12-7-8-14(9-13(12)2)15-10-18(23)20(19(24)11-15)25-21(26)16-5-3-4-6-17(16)22(27)28/h3-11H,1-2H2,(H,25,26)(H,27,28). The van der Waals surface area contributed by atoms with Gasteiger partial charge in [0.15, 0.2) is 0 Å². The minimum atomic E-state index is -1.26. The van der Waals surface area contributed by atoms with E-state index in [1.165, 1.54) is 36.4 Å². The average molecular weight is 396 g/mol. The molecule has 0 saturated heterocycles. The van der Waals surface area contributed by atoms with Gasteiger partial charge >= 0.3 is 5.97 Å². The molecule has 6 heteroatoms. The number of carbonyl (C=O) groups excluding carboxylic acids is 1. The van der Waals surface area contributed by atoms with E-state index in [2.05, 4.69) is 18.5 Å². The Morgan fingerprint density at radius 2 is 1.61 bits per heavy atom. The van der Waals surface area contributed by atoms with E-state index in [0.717, 1.165) is 5.22 Å². The topological polar surface area (TPSA) is 66.4 Å². The largest absolute Gasteiger partial charge is 0.478 e. The third kappa shape index (κ3) is 3.80. The summed E-state index contributed by atoms with van der Waals surface area (Å²) in [7, 11) is 0. The molecule has 0 saturated carbocycles. The van der Waals surface area contributed by atoms with Crippen LogP contribution >= 0.6 is 11.6 Å². The fourth-order valence-electron chi connectivity index (χ4n) is 2.71. The second-order valence-corrected chi connectivity index (χ2v) is 6.51. The molecule has 2 N–H and O–H groups in total. The number of anilines is 1. The van der Waals surface area contributed by atoms with E-state index in [-0.39, 0.29) is 21.8 Å². The number of carboxylic acid groups (broad SMARTS) is 1. The Bertz CT molecular complexity index is 1180. The second-order valence-electron chi connectivity index (χ2n) is 6.10. The van der Waals surface area contributed by atoms with E-state index in [1.807, 2.05) is 0 Å². The maximum absolute atomic E-state index is 14.7. The lowest BCUT2D eigenvalue weighted by Crippen LogP contribution is -2.20. The predicted octanol–water partition coefficient (Wildman–Crippen LogP) is 3.92. The number of nitrogens with one attached hydrogen (secondary N) is 1. The zero-order valence-electron chi connectivity index (χ0n) is 14.6. The third-order valence-electron chi connectivity index (χ3n) is 4.22. The molecule has 140 valence electrons. The number of benzene rings is 3. The molecule has 0 unspecified atom stereocenters. The molecule has 0 bridgehead atoms. The monoisotopic (exact) mass is 395 g/mol. The van der Waals surface area contributed by atoms with Crippen molar-refractivity contribution in [1.29, 1.82) is 0 Å². The summed E-state index contributed by atoms with van der Waals surface area (Å²) >= 11 is 6.19. The van der Waals surface area contributed by atoms with Gasteiger partial charge < -0.3 is 10.4 Å². The van der Waals surface area contributed by atoms with E-state index >= 15 is 0 Å². The molecule has 3 aromatic rings. The van der Waals surface area contributed by atoms with Gasteiger partial charge in [-0.2, -0.15) is 0 Å². The SMILES string of the molecule is C=c1ccc(-c2cc(F)c(NC(=O)c3ccccc3C(=O)O)c(Cl)c2)cc1=C. The Kier molecular flexibility index (Phi) is 5.29. The summed E-state index contributed by atoms with van der Waals surface area (Å²) < 4.78 is 14.7. The molecular formula is C22H15ClFNO3. The highest BCUT2D eigenvalue weighted by Crippen LogP contribution is 2.31. The summed E-state index contributed by atoms with van der Waals surface area (Å²) in [5, 5.41) is 13.0. The molecule has 3 rings (SSSR count). The van der Waals surface area contributed by atoms with Crippen molar-refractivity contribution in [2.45, 2.75) is 0 Å². The second kappa shape index (κ2) is 7.66. The van der Waals surface area contributed by atoms with Gasteiger partial charge in [0.25, 0.3) is 5.91 Å². The molecule has 3 aromatic carbocycles. The first-order chi connectivity index (χ1) is 13.3. The van der Waals surface area contributed by atoms with Gasteiger partial charge in [-0.15, -0.1) is 0 Å². The summed E-state index contributed by atoms with van der Waals surface area (Å²) in [5.74, 6) is -2.77. The highest BCUT2D eigenvalue weighted by Gasteiger charge is 2.19. The van der Waals surface area contributed by atoms with Crippen LogP contribution in [0.15, 0.2) is 54.6 Å². The Labute approximate surface area is 165 Å². The summed E-state index contributed by atoms with van der Waals surface area (Å²) in [4.78, 5) is 23.7. The van der Waals surface area contributed by atoms with Crippen LogP contribution in [0, 0.1) is 5.82 Å². The maximum atomic E-state index is 14.7. The number of halogens is 2. The van der Waals surface area contributed by atoms with Crippen LogP contribution < -0.4 is 15.8 Å². The smallest absolute Gasteiger partial charge is 0.336 e. The highest BCUT2D eigenvalue weighted by atomic mass is 35.5. The first-order valence-electron chi connectivity index (χ1n) is 8.19. The summed E-state index contributed by atoms with van der Waals surface area (Å²) in [6.45, 7) is 7.70. The molecule has 0 atom stereocenters. The van der Waals surface area contributed by atoms with Crippen LogP contribution in [0.5, 0.6) is 0 Å². The quantitative estimate of drug-likeness (QED) is 0.703. The molecule has 0 spiro atoms. The van der Waals surface area contributed by atoms with Gasteiger partial charge in [0.1, 0.15) is 5.82 Å². The Hall–Kier alpha value is -3.44. The molecule has 0 aromatic heterocycles. The van der Waals surface area contributed by atoms with E-state index < -0.39 is 17.7 Å². The Morgan fingerprint density at radius 1 is 0.929 bits per heavy atom. The third-order valence-corrected chi connectivity index (χ3v) is 4.52. The highest BCUT2D eigenvalue weighted by molar-refractivity contribution is 6.34. The lowest BCUT2D eigenvalue weighted by Gasteiger charge is -2.12. The zero-order valence-corrected chi connectivity index (χ0v) is 15.4. The van der Waals surface area contributed by atoms with Crippen molar-refractivity contribution in [3.8, 4) is 11.1 Å². The Morgan fingerprint density at radius 3 is 2.21 bits per heavy atom. The number of rotatable bonds is 4. The van der Waals surface area contributed by atoms with E-state index in [4.69, 9.17) is 11.6 Å². The maximum Gasteiger partial charge on any atom is 0.336 e. The fourth-order valence-corrected chi connectivity index (χ4v) is 2.97. The van der Waals surface area contributed by atoms with Crippen molar-refractivity contribution in [2.75, 3.05) is 5.32 Å². The van der Waals surface area contributed by atoms with Crippen LogP contribution in [0.1, 0.15) is 20.7 Å². The number of aromatic carboxylic acids is 1. The van der Waals surface area contributed by atoms with Gasteiger partial charge in [-0.3, -0.25) is 4.79 Å². The number of amides is 1. The van der Waals surface area contributed by atoms with Gasteiger partial charge in [0, 0.05) is 0 Å². The van der Waals surface area contributed by atoms with Gasteiger partial charge in [-0.25, -0.2) is 9.18 Å². The molecule has 28 heavy (non-hydrogen) atoms. The minimum Gasteiger partial charge on any atom is -0.478 e. The molecule has 4 nitrogen and oxygen atoms in total. The van der Waals surface area contributed by atoms with E-state index in [1.54, 1.807) is 18.2 Å². The van der Waals surface area contributed by atoms with E-state index in [9.17, 15) is 19.1 Å². The molecular weight excluding hydrogens is 381 g/mol. The van der Waals surface area contributed by atoms with Crippen LogP contribution in [0.2, 0.25) is 5.02 Å². The summed E-state index contributed by atoms with van der Waals surface area (Å²) in [6, 6.07) is 13.7. The van der Waals surface area contributed by atoms with Crippen LogP contribution in [0.25, 0.3) is 24.3 Å². The van der Waals surface area contributed by atoms with Crippen LogP contribution in [0.3, 0.4) is 0 Å². The predicted molar refractivity (Wildman–Crippen MR) is 108 cm³/mol. The van der Waals surface area contributed by atoms with E-state index in [0.29, 0.717) is 16.3 Å². The summed E-state index contributed by atoms with van der Waals surface area (Å²) in [5.41, 5.74) is 0.703. The van der Waals surface area contributed by atoms with Gasteiger partial charge in [-0.1, -0.05) is 49.0 Å². The Balaban J connectivity index is 1.97. The van der Waals surface area contributed by atoms with Crippen LogP contribution in [0.4, 0.5) is 10.1 Å². The van der Waals surface area contributed by atoms with Crippen molar-refractivity contribution >= 4 is 42.3 Å². The lowest BCUT2D eigenvalue weighted by atomic mass is 10.0. The molecule has 0 fully saturated rings. The average Bonchev–Trinajstić information content (AvgIpc) is 2.66. The normalized spacial score (nSPS) is 10.5. The number of carboxylic acids is 1. The number of hydrogen-bond donors (Lipinski definition) is 2. The van der Waals surface area contributed by atoms with Gasteiger partial charge in [0.05, 0.1) is 21.8 Å². The van der Waals surface area contributed by atoms with Crippen molar-refractivity contribution in [3.05, 3.63) is 87.0 Å². The van der Waals surface area contributed by atoms with Crippen molar-refractivity contribution < 1.29 is 19.1 Å². The number of hydrogen-bond acceptors (Lipinski definition) is 2. The van der Waals surface area contributed by atoms with Crippen LogP contribution in [-0.2, 0) is 0 Å². The molecule has 0 radical (unpaired) electrons. The molecule has 0 heterocycles. The van der Waals surface area contributed by atoms with Gasteiger partial charge in [-0.05, 0) is 51.9 Å². The first kappa shape index (κ1) is 19.3. The van der Waals surface area contributed by atoms with Crippen LogP contribution in [-0.4, -0.2) is 17.0 Å². The lowest BCUT2D eigenvalue weighted by molar-refractivity contribution is 0.0692. The summed E-state index contributed by atoms with van der Waals surface area (Å²) in [6.07, 6.45) is 0. The molecule has 0 aliphatic carbocycles. The van der Waals surface area contributed by atoms with Crippen molar-refractivity contribution in [1.82, 2.24) is 0 Å². The first-order valence-corrected chi connectivity index (χ1v) is 8.56. The molecule has 1 amide bonds.